The number of carbonyl (C=O) groups is 1. The number of hydrogen-bond donors (Lipinski definition) is 1. The minimum Gasteiger partial charge on any atom is -0.389 e. The van der Waals surface area contributed by atoms with Crippen molar-refractivity contribution in [2.75, 3.05) is 13.1 Å². The van der Waals surface area contributed by atoms with E-state index >= 15 is 0 Å². The Balaban J connectivity index is 2.05. The summed E-state index contributed by atoms with van der Waals surface area (Å²) in [5, 5.41) is 9.97. The second-order valence-electron chi connectivity index (χ2n) is 3.87. The van der Waals surface area contributed by atoms with Crippen LogP contribution in [-0.4, -0.2) is 35.1 Å². The quantitative estimate of drug-likeness (QED) is 0.838. The van der Waals surface area contributed by atoms with Crippen LogP contribution in [0.15, 0.2) is 24.3 Å². The van der Waals surface area contributed by atoms with E-state index in [0.29, 0.717) is 28.7 Å². The average Bonchev–Trinajstić information content (AvgIpc) is 2.26. The molecule has 0 radical (unpaired) electrons. The Kier molecular flexibility index (Phi) is 3.72. The van der Waals surface area contributed by atoms with Gasteiger partial charge < -0.3 is 10.0 Å². The predicted molar refractivity (Wildman–Crippen MR) is 68.1 cm³/mol. The first-order valence-corrected chi connectivity index (χ1v) is 5.92. The monoisotopic (exact) mass is 271 g/mol. The number of likely N-dealkylation sites (tertiary alicyclic amines) is 1. The lowest BCUT2D eigenvalue weighted by Gasteiger charge is -2.34. The largest absolute Gasteiger partial charge is 0.389 e. The summed E-state index contributed by atoms with van der Waals surface area (Å²) < 4.78 is 0. The van der Waals surface area contributed by atoms with Gasteiger partial charge in [-0.15, -0.1) is 0 Å². The van der Waals surface area contributed by atoms with Crippen LogP contribution in [0.1, 0.15) is 5.56 Å². The number of amides is 1. The van der Waals surface area contributed by atoms with Crippen LogP contribution >= 0.6 is 23.2 Å². The molecule has 0 spiro atoms. The van der Waals surface area contributed by atoms with Crippen LogP contribution in [0.4, 0.5) is 0 Å². The summed E-state index contributed by atoms with van der Waals surface area (Å²) in [5.74, 6) is -0.133. The van der Waals surface area contributed by atoms with Crippen LogP contribution in [0, 0.1) is 0 Å². The number of halogens is 2. The van der Waals surface area contributed by atoms with Crippen molar-refractivity contribution in [3.8, 4) is 0 Å². The summed E-state index contributed by atoms with van der Waals surface area (Å²) in [6.07, 6.45) is 2.67. The minimum absolute atomic E-state index is 0.133. The zero-order valence-electron chi connectivity index (χ0n) is 8.94. The molecule has 0 unspecified atom stereocenters. The van der Waals surface area contributed by atoms with Gasteiger partial charge in [0.05, 0.1) is 16.1 Å². The van der Waals surface area contributed by atoms with Gasteiger partial charge in [-0.25, -0.2) is 0 Å². The third-order valence-corrected chi connectivity index (χ3v) is 3.39. The fraction of sp³-hybridized carbons (Fsp3) is 0.250. The van der Waals surface area contributed by atoms with Crippen molar-refractivity contribution in [3.63, 3.8) is 0 Å². The number of nitrogens with zero attached hydrogens (tertiary/aromatic N) is 1. The lowest BCUT2D eigenvalue weighted by atomic mass is 10.1. The Labute approximate surface area is 109 Å². The Hall–Kier alpha value is -1.03. The Morgan fingerprint density at radius 3 is 2.76 bits per heavy atom. The van der Waals surface area contributed by atoms with Crippen molar-refractivity contribution in [1.29, 1.82) is 0 Å². The van der Waals surface area contributed by atoms with Gasteiger partial charge in [-0.2, -0.15) is 0 Å². The summed E-state index contributed by atoms with van der Waals surface area (Å²) >= 11 is 11.8. The molecule has 5 heteroatoms. The van der Waals surface area contributed by atoms with E-state index in [1.807, 2.05) is 0 Å². The van der Waals surface area contributed by atoms with Gasteiger partial charge in [0.1, 0.15) is 0 Å². The molecular weight excluding hydrogens is 261 g/mol. The molecule has 2 rings (SSSR count). The molecular formula is C12H11Cl2NO2. The molecule has 1 aliphatic heterocycles. The highest BCUT2D eigenvalue weighted by molar-refractivity contribution is 6.42. The van der Waals surface area contributed by atoms with Crippen LogP contribution < -0.4 is 0 Å². The van der Waals surface area contributed by atoms with E-state index in [9.17, 15) is 4.79 Å². The molecule has 1 aromatic carbocycles. The van der Waals surface area contributed by atoms with Crippen molar-refractivity contribution < 1.29 is 9.90 Å². The maximum atomic E-state index is 11.6. The number of aliphatic hydroxyl groups is 1. The highest BCUT2D eigenvalue weighted by atomic mass is 35.5. The third kappa shape index (κ3) is 2.80. The molecule has 1 saturated heterocycles. The van der Waals surface area contributed by atoms with Crippen molar-refractivity contribution in [2.24, 2.45) is 0 Å². The molecule has 0 bridgehead atoms. The average molecular weight is 272 g/mol. The Bertz CT molecular complexity index is 468. The second kappa shape index (κ2) is 5.08. The number of hydrogen-bond acceptors (Lipinski definition) is 2. The molecule has 1 N–H and O–H groups in total. The maximum absolute atomic E-state index is 11.6. The van der Waals surface area contributed by atoms with Gasteiger partial charge >= 0.3 is 0 Å². The van der Waals surface area contributed by atoms with E-state index in [-0.39, 0.29) is 12.0 Å². The molecule has 1 fully saturated rings. The number of carbonyl (C=O) groups excluding carboxylic acids is 1. The standard InChI is InChI=1S/C12H11Cl2NO2/c13-10-3-1-2-8(12(10)14)4-5-11(17)15-6-9(16)7-15/h1-5,9,16H,6-7H2/b5-4+. The van der Waals surface area contributed by atoms with E-state index < -0.39 is 0 Å². The highest BCUT2D eigenvalue weighted by Gasteiger charge is 2.27. The summed E-state index contributed by atoms with van der Waals surface area (Å²) in [5.41, 5.74) is 0.702. The molecule has 0 aromatic heterocycles. The molecule has 1 heterocycles. The molecule has 1 aliphatic rings. The molecule has 0 saturated carbocycles. The Morgan fingerprint density at radius 2 is 2.12 bits per heavy atom. The highest BCUT2D eigenvalue weighted by Crippen LogP contribution is 2.26. The molecule has 1 amide bonds. The van der Waals surface area contributed by atoms with Gasteiger partial charge in [0.15, 0.2) is 0 Å². The fourth-order valence-electron chi connectivity index (χ4n) is 1.55. The molecule has 1 aromatic rings. The van der Waals surface area contributed by atoms with E-state index in [2.05, 4.69) is 0 Å². The number of β-amino-alcohol motifs (C(OH)–C–C–N with tert-alkyl or cyclic N) is 1. The first-order valence-electron chi connectivity index (χ1n) is 5.17. The lowest BCUT2D eigenvalue weighted by molar-refractivity contribution is -0.135. The van der Waals surface area contributed by atoms with Gasteiger partial charge in [0, 0.05) is 19.2 Å². The predicted octanol–water partition coefficient (Wildman–Crippen LogP) is 2.21. The van der Waals surface area contributed by atoms with Gasteiger partial charge in [0.25, 0.3) is 0 Å². The maximum Gasteiger partial charge on any atom is 0.246 e. The van der Waals surface area contributed by atoms with Crippen LogP contribution in [0.3, 0.4) is 0 Å². The first kappa shape index (κ1) is 12.4. The Morgan fingerprint density at radius 1 is 1.41 bits per heavy atom. The summed E-state index contributed by atoms with van der Waals surface area (Å²) in [4.78, 5) is 13.1. The topological polar surface area (TPSA) is 40.5 Å². The summed E-state index contributed by atoms with van der Waals surface area (Å²) in [7, 11) is 0. The minimum atomic E-state index is -0.387. The zero-order chi connectivity index (χ0) is 12.4. The first-order chi connectivity index (χ1) is 8.08. The van der Waals surface area contributed by atoms with Crippen molar-refractivity contribution in [1.82, 2.24) is 4.90 Å². The molecule has 0 atom stereocenters. The third-order valence-electron chi connectivity index (χ3n) is 2.56. The lowest BCUT2D eigenvalue weighted by Crippen LogP contribution is -2.52. The second-order valence-corrected chi connectivity index (χ2v) is 4.66. The van der Waals surface area contributed by atoms with E-state index in [4.69, 9.17) is 28.3 Å². The summed E-state index contributed by atoms with van der Waals surface area (Å²) in [6, 6.07) is 5.24. The van der Waals surface area contributed by atoms with E-state index in [0.717, 1.165) is 0 Å². The van der Waals surface area contributed by atoms with Crippen molar-refractivity contribution >= 4 is 35.2 Å². The number of aliphatic hydroxyl groups excluding tert-OH is 1. The van der Waals surface area contributed by atoms with Crippen LogP contribution in [0.5, 0.6) is 0 Å². The van der Waals surface area contributed by atoms with Crippen LogP contribution in [0.2, 0.25) is 10.0 Å². The van der Waals surface area contributed by atoms with Gasteiger partial charge in [-0.1, -0.05) is 35.3 Å². The number of rotatable bonds is 2. The number of benzene rings is 1. The van der Waals surface area contributed by atoms with E-state index in [1.54, 1.807) is 29.2 Å². The summed E-state index contributed by atoms with van der Waals surface area (Å²) in [6.45, 7) is 0.791. The molecule has 0 aliphatic carbocycles. The van der Waals surface area contributed by atoms with Crippen LogP contribution in [0.25, 0.3) is 6.08 Å². The normalized spacial score (nSPS) is 16.3. The van der Waals surface area contributed by atoms with Gasteiger partial charge in [-0.3, -0.25) is 4.79 Å². The SMILES string of the molecule is O=C(/C=C/c1cccc(Cl)c1Cl)N1CC(O)C1. The van der Waals surface area contributed by atoms with Gasteiger partial charge in [-0.05, 0) is 17.7 Å². The van der Waals surface area contributed by atoms with E-state index in [1.165, 1.54) is 6.08 Å². The molecule has 3 nitrogen and oxygen atoms in total. The van der Waals surface area contributed by atoms with Gasteiger partial charge in [0.2, 0.25) is 5.91 Å². The zero-order valence-corrected chi connectivity index (χ0v) is 10.4. The van der Waals surface area contributed by atoms with Crippen LogP contribution in [-0.2, 0) is 4.79 Å². The smallest absolute Gasteiger partial charge is 0.246 e. The molecule has 90 valence electrons. The molecule has 17 heavy (non-hydrogen) atoms. The fourth-order valence-corrected chi connectivity index (χ4v) is 1.92. The van der Waals surface area contributed by atoms with Crippen molar-refractivity contribution in [3.05, 3.63) is 39.9 Å². The van der Waals surface area contributed by atoms with Crippen molar-refractivity contribution in [2.45, 2.75) is 6.10 Å².